The monoisotopic (exact) mass is 214 g/mol. The first-order valence-corrected chi connectivity index (χ1v) is 6.37. The van der Waals surface area contributed by atoms with Crippen LogP contribution in [0, 0.1) is 5.92 Å². The maximum atomic E-state index is 5.28. The topological polar surface area (TPSA) is 24.5 Å². The maximum absolute atomic E-state index is 5.28. The third-order valence-electron chi connectivity index (χ3n) is 3.20. The molecule has 0 aromatic carbocycles. The molecule has 1 aliphatic rings. The van der Waals surface area contributed by atoms with E-state index in [1.54, 1.807) is 0 Å². The highest BCUT2D eigenvalue weighted by Gasteiger charge is 2.23. The van der Waals surface area contributed by atoms with Crippen LogP contribution in [0.4, 0.5) is 0 Å². The molecule has 0 radical (unpaired) electrons. The van der Waals surface area contributed by atoms with Gasteiger partial charge in [0.1, 0.15) is 0 Å². The fourth-order valence-corrected chi connectivity index (χ4v) is 2.33. The van der Waals surface area contributed by atoms with Crippen molar-refractivity contribution in [3.8, 4) is 0 Å². The summed E-state index contributed by atoms with van der Waals surface area (Å²) < 4.78 is 0. The molecule has 0 bridgehead atoms. The minimum Gasteiger partial charge on any atom is -0.303 e. The molecule has 1 heterocycles. The zero-order valence-corrected chi connectivity index (χ0v) is 10.5. The van der Waals surface area contributed by atoms with Gasteiger partial charge in [-0.3, -0.25) is 0 Å². The van der Waals surface area contributed by atoms with E-state index in [1.807, 2.05) is 6.92 Å². The van der Waals surface area contributed by atoms with Crippen LogP contribution in [0.1, 0.15) is 40.0 Å². The van der Waals surface area contributed by atoms with Crippen molar-refractivity contribution in [2.24, 2.45) is 5.92 Å². The summed E-state index contributed by atoms with van der Waals surface area (Å²) in [6.45, 7) is 11.0. The number of likely N-dealkylation sites (tertiary alicyclic amines) is 1. The second kappa shape index (κ2) is 7.20. The molecule has 15 heavy (non-hydrogen) atoms. The lowest BCUT2D eigenvalue weighted by Crippen LogP contribution is -2.44. The Morgan fingerprint density at radius 3 is 2.93 bits per heavy atom. The van der Waals surface area contributed by atoms with Gasteiger partial charge in [0.25, 0.3) is 0 Å². The molecular formula is C12H26N2O. The number of nitrogens with one attached hydrogen (secondary N) is 1. The Kier molecular flexibility index (Phi) is 6.22. The summed E-state index contributed by atoms with van der Waals surface area (Å²) in [7, 11) is 0. The first kappa shape index (κ1) is 12.9. The molecule has 0 amide bonds. The van der Waals surface area contributed by atoms with E-state index >= 15 is 0 Å². The summed E-state index contributed by atoms with van der Waals surface area (Å²) in [4.78, 5) is 7.86. The Morgan fingerprint density at radius 2 is 2.27 bits per heavy atom. The lowest BCUT2D eigenvalue weighted by atomic mass is 9.92. The van der Waals surface area contributed by atoms with Crippen LogP contribution in [0.3, 0.4) is 0 Å². The smallest absolute Gasteiger partial charge is 0.0654 e. The van der Waals surface area contributed by atoms with Crippen molar-refractivity contribution in [1.82, 2.24) is 10.4 Å². The Morgan fingerprint density at radius 1 is 1.47 bits per heavy atom. The van der Waals surface area contributed by atoms with Gasteiger partial charge in [0.05, 0.1) is 6.61 Å². The molecule has 3 nitrogen and oxygen atoms in total. The number of nitrogens with zero attached hydrogens (tertiary/aromatic N) is 1. The molecule has 0 aromatic heterocycles. The van der Waals surface area contributed by atoms with Crippen LogP contribution in [0.25, 0.3) is 0 Å². The second-order valence-electron chi connectivity index (χ2n) is 4.54. The summed E-state index contributed by atoms with van der Waals surface area (Å²) in [6, 6.07) is 0.476. The summed E-state index contributed by atoms with van der Waals surface area (Å²) in [5.74, 6) is 0.747. The van der Waals surface area contributed by atoms with Gasteiger partial charge in [-0.25, -0.2) is 0 Å². The molecule has 1 aliphatic heterocycles. The molecule has 1 N–H and O–H groups in total. The summed E-state index contributed by atoms with van der Waals surface area (Å²) >= 11 is 0. The van der Waals surface area contributed by atoms with Gasteiger partial charge in [-0.05, 0) is 52.1 Å². The van der Waals surface area contributed by atoms with E-state index in [0.29, 0.717) is 6.04 Å². The van der Waals surface area contributed by atoms with Gasteiger partial charge in [-0.15, -0.1) is 0 Å². The molecule has 2 unspecified atom stereocenters. The Labute approximate surface area is 94.1 Å². The van der Waals surface area contributed by atoms with Crippen molar-refractivity contribution in [2.45, 2.75) is 46.1 Å². The van der Waals surface area contributed by atoms with E-state index in [2.05, 4.69) is 24.2 Å². The minimum absolute atomic E-state index is 0.476. The molecule has 1 saturated heterocycles. The number of hydrogen-bond donors (Lipinski definition) is 1. The predicted octanol–water partition coefficient (Wildman–Crippen LogP) is 2.04. The first-order chi connectivity index (χ1) is 7.27. The molecule has 90 valence electrons. The van der Waals surface area contributed by atoms with Crippen molar-refractivity contribution in [1.29, 1.82) is 0 Å². The summed E-state index contributed by atoms with van der Waals surface area (Å²) in [6.07, 6.45) is 3.93. The van der Waals surface area contributed by atoms with Crippen molar-refractivity contribution in [3.63, 3.8) is 0 Å². The van der Waals surface area contributed by atoms with E-state index in [1.165, 1.54) is 38.9 Å². The van der Waals surface area contributed by atoms with Gasteiger partial charge in [-0.2, -0.15) is 5.48 Å². The van der Waals surface area contributed by atoms with Crippen LogP contribution in [-0.4, -0.2) is 37.2 Å². The van der Waals surface area contributed by atoms with E-state index in [9.17, 15) is 0 Å². The molecule has 0 aliphatic carbocycles. The highest BCUT2D eigenvalue weighted by Crippen LogP contribution is 2.19. The van der Waals surface area contributed by atoms with Gasteiger partial charge in [0.15, 0.2) is 0 Å². The molecule has 0 aromatic rings. The zero-order chi connectivity index (χ0) is 11.1. The van der Waals surface area contributed by atoms with Crippen LogP contribution >= 0.6 is 0 Å². The Bertz CT molecular complexity index is 162. The van der Waals surface area contributed by atoms with Crippen LogP contribution in [0.5, 0.6) is 0 Å². The number of hydrogen-bond acceptors (Lipinski definition) is 3. The minimum atomic E-state index is 0.476. The van der Waals surface area contributed by atoms with E-state index < -0.39 is 0 Å². The van der Waals surface area contributed by atoms with Crippen molar-refractivity contribution < 1.29 is 4.84 Å². The standard InChI is InChI=1S/C12H26N2O/c1-4-8-14-9-6-7-12(10-14)11(3)13-15-5-2/h11-13H,4-10H2,1-3H3. The Hall–Kier alpha value is -0.120. The third-order valence-corrected chi connectivity index (χ3v) is 3.20. The molecule has 3 heteroatoms. The van der Waals surface area contributed by atoms with E-state index in [0.717, 1.165) is 12.5 Å². The highest BCUT2D eigenvalue weighted by molar-refractivity contribution is 4.78. The lowest BCUT2D eigenvalue weighted by Gasteiger charge is -2.35. The molecular weight excluding hydrogens is 188 g/mol. The maximum Gasteiger partial charge on any atom is 0.0654 e. The van der Waals surface area contributed by atoms with Crippen LogP contribution in [-0.2, 0) is 4.84 Å². The van der Waals surface area contributed by atoms with Gasteiger partial charge in [-0.1, -0.05) is 6.92 Å². The molecule has 1 rings (SSSR count). The van der Waals surface area contributed by atoms with Crippen molar-refractivity contribution in [2.75, 3.05) is 26.2 Å². The third kappa shape index (κ3) is 4.49. The fourth-order valence-electron chi connectivity index (χ4n) is 2.33. The van der Waals surface area contributed by atoms with Gasteiger partial charge < -0.3 is 9.74 Å². The largest absolute Gasteiger partial charge is 0.303 e. The normalized spacial score (nSPS) is 25.4. The lowest BCUT2D eigenvalue weighted by molar-refractivity contribution is 0.00157. The average Bonchev–Trinajstić information content (AvgIpc) is 2.27. The average molecular weight is 214 g/mol. The fraction of sp³-hybridized carbons (Fsp3) is 1.00. The number of rotatable bonds is 6. The summed E-state index contributed by atoms with van der Waals surface area (Å²) in [5.41, 5.74) is 3.14. The second-order valence-corrected chi connectivity index (χ2v) is 4.54. The molecule has 0 spiro atoms. The SMILES string of the molecule is CCCN1CCCC(C(C)NOCC)C1. The molecule has 0 saturated carbocycles. The summed E-state index contributed by atoms with van der Waals surface area (Å²) in [5, 5.41) is 0. The van der Waals surface area contributed by atoms with Crippen molar-refractivity contribution in [3.05, 3.63) is 0 Å². The first-order valence-electron chi connectivity index (χ1n) is 6.37. The van der Waals surface area contributed by atoms with Crippen LogP contribution in [0.2, 0.25) is 0 Å². The van der Waals surface area contributed by atoms with E-state index in [4.69, 9.17) is 4.84 Å². The van der Waals surface area contributed by atoms with Gasteiger partial charge >= 0.3 is 0 Å². The van der Waals surface area contributed by atoms with Crippen LogP contribution < -0.4 is 5.48 Å². The van der Waals surface area contributed by atoms with Gasteiger partial charge in [0, 0.05) is 12.6 Å². The highest BCUT2D eigenvalue weighted by atomic mass is 16.6. The Balaban J connectivity index is 2.27. The predicted molar refractivity (Wildman–Crippen MR) is 63.7 cm³/mol. The number of piperidine rings is 1. The molecule has 2 atom stereocenters. The molecule has 1 fully saturated rings. The zero-order valence-electron chi connectivity index (χ0n) is 10.5. The van der Waals surface area contributed by atoms with E-state index in [-0.39, 0.29) is 0 Å². The number of hydroxylamine groups is 1. The quantitative estimate of drug-likeness (QED) is 0.685. The van der Waals surface area contributed by atoms with Gasteiger partial charge in [0.2, 0.25) is 0 Å². The van der Waals surface area contributed by atoms with Crippen molar-refractivity contribution >= 4 is 0 Å². The van der Waals surface area contributed by atoms with Crippen LogP contribution in [0.15, 0.2) is 0 Å².